The molecule has 0 aromatic carbocycles. The summed E-state index contributed by atoms with van der Waals surface area (Å²) in [6.07, 6.45) is 4.68. The lowest BCUT2D eigenvalue weighted by Crippen LogP contribution is -2.54. The highest BCUT2D eigenvalue weighted by atomic mass is 14.6. The number of rotatable bonds is 1. The van der Waals surface area contributed by atoms with Gasteiger partial charge in [0.2, 0.25) is 0 Å². The summed E-state index contributed by atoms with van der Waals surface area (Å²) in [5.74, 6) is 2.13. The molecule has 0 amide bonds. The SMILES string of the molecule is CC(C)C12CC(C1)C2. The third-order valence-electron chi connectivity index (χ3n) is 3.31. The molecule has 3 aliphatic rings. The van der Waals surface area contributed by atoms with E-state index in [0.29, 0.717) is 0 Å². The Kier molecular flexibility index (Phi) is 0.678. The molecule has 0 aromatic rings. The van der Waals surface area contributed by atoms with Crippen LogP contribution in [0.1, 0.15) is 33.1 Å². The van der Waals surface area contributed by atoms with E-state index in [1.165, 1.54) is 0 Å². The van der Waals surface area contributed by atoms with Crippen molar-refractivity contribution in [1.82, 2.24) is 0 Å². The third kappa shape index (κ3) is 0.340. The summed E-state index contributed by atoms with van der Waals surface area (Å²) in [6, 6.07) is 0. The van der Waals surface area contributed by atoms with Crippen LogP contribution < -0.4 is 0 Å². The predicted molar refractivity (Wildman–Crippen MR) is 34.6 cm³/mol. The van der Waals surface area contributed by atoms with Gasteiger partial charge in [0, 0.05) is 0 Å². The molecule has 0 saturated heterocycles. The topological polar surface area (TPSA) is 0 Å². The van der Waals surface area contributed by atoms with Crippen molar-refractivity contribution >= 4 is 0 Å². The lowest BCUT2D eigenvalue weighted by Gasteiger charge is -2.64. The second-order valence-corrected chi connectivity index (χ2v) is 4.00. The Morgan fingerprint density at radius 1 is 1.25 bits per heavy atom. The van der Waals surface area contributed by atoms with Crippen LogP contribution >= 0.6 is 0 Å². The fourth-order valence-corrected chi connectivity index (χ4v) is 2.25. The van der Waals surface area contributed by atoms with Gasteiger partial charge in [-0.3, -0.25) is 0 Å². The Morgan fingerprint density at radius 2 is 1.75 bits per heavy atom. The smallest absolute Gasteiger partial charge is 0.0267 e. The van der Waals surface area contributed by atoms with Crippen LogP contribution in [-0.2, 0) is 0 Å². The summed E-state index contributed by atoms with van der Waals surface area (Å²) >= 11 is 0. The minimum absolute atomic E-state index is 0.866. The molecular weight excluding hydrogens is 96.1 g/mol. The van der Waals surface area contributed by atoms with E-state index in [1.54, 1.807) is 19.3 Å². The molecule has 3 rings (SSSR count). The van der Waals surface area contributed by atoms with Gasteiger partial charge in [-0.1, -0.05) is 13.8 Å². The zero-order valence-electron chi connectivity index (χ0n) is 5.78. The summed E-state index contributed by atoms with van der Waals surface area (Å²) in [5, 5.41) is 0. The molecule has 8 heavy (non-hydrogen) atoms. The summed E-state index contributed by atoms with van der Waals surface area (Å²) in [7, 11) is 0. The van der Waals surface area contributed by atoms with Gasteiger partial charge in [-0.15, -0.1) is 0 Å². The van der Waals surface area contributed by atoms with E-state index in [2.05, 4.69) is 13.8 Å². The van der Waals surface area contributed by atoms with Crippen molar-refractivity contribution in [2.45, 2.75) is 33.1 Å². The summed E-state index contributed by atoms with van der Waals surface area (Å²) < 4.78 is 0. The first-order valence-corrected chi connectivity index (χ1v) is 3.73. The average Bonchev–Trinajstić information content (AvgIpc) is 1.16. The molecule has 3 aliphatic carbocycles. The van der Waals surface area contributed by atoms with Gasteiger partial charge in [0.25, 0.3) is 0 Å². The Morgan fingerprint density at radius 3 is 1.75 bits per heavy atom. The van der Waals surface area contributed by atoms with Crippen molar-refractivity contribution in [3.63, 3.8) is 0 Å². The van der Waals surface area contributed by atoms with Gasteiger partial charge < -0.3 is 0 Å². The Labute approximate surface area is 51.3 Å². The highest BCUT2D eigenvalue weighted by Gasteiger charge is 2.57. The van der Waals surface area contributed by atoms with E-state index < -0.39 is 0 Å². The van der Waals surface area contributed by atoms with Crippen molar-refractivity contribution in [3.8, 4) is 0 Å². The molecule has 3 saturated carbocycles. The van der Waals surface area contributed by atoms with Crippen molar-refractivity contribution in [3.05, 3.63) is 0 Å². The standard InChI is InChI=1S/C8H14/c1-6(2)8-3-7(4-8)5-8/h6-7H,3-5H2,1-2H3. The molecule has 0 radical (unpaired) electrons. The second kappa shape index (κ2) is 1.12. The van der Waals surface area contributed by atoms with E-state index in [0.717, 1.165) is 17.3 Å². The van der Waals surface area contributed by atoms with E-state index in [4.69, 9.17) is 0 Å². The summed E-state index contributed by atoms with van der Waals surface area (Å²) in [4.78, 5) is 0. The molecule has 0 heterocycles. The molecule has 0 aliphatic heterocycles. The van der Waals surface area contributed by atoms with Gasteiger partial charge in [0.15, 0.2) is 0 Å². The quantitative estimate of drug-likeness (QED) is 0.486. The Hall–Kier alpha value is 0. The number of hydrogen-bond acceptors (Lipinski definition) is 0. The lowest BCUT2D eigenvalue weighted by molar-refractivity contribution is -0.141. The first kappa shape index (κ1) is 4.84. The molecule has 2 bridgehead atoms. The number of hydrogen-bond donors (Lipinski definition) is 0. The van der Waals surface area contributed by atoms with Gasteiger partial charge in [-0.25, -0.2) is 0 Å². The summed E-state index contributed by atoms with van der Waals surface area (Å²) in [5.41, 5.74) is 0.866. The minimum atomic E-state index is 0.866. The van der Waals surface area contributed by atoms with Gasteiger partial charge in [-0.05, 0) is 36.5 Å². The molecule has 0 heteroatoms. The Bertz CT molecular complexity index is 96.2. The molecule has 0 N–H and O–H groups in total. The highest BCUT2D eigenvalue weighted by Crippen LogP contribution is 2.67. The van der Waals surface area contributed by atoms with Gasteiger partial charge in [0.1, 0.15) is 0 Å². The molecule has 46 valence electrons. The largest absolute Gasteiger partial charge is 0.0622 e. The highest BCUT2D eigenvalue weighted by molar-refractivity contribution is 5.07. The zero-order valence-corrected chi connectivity index (χ0v) is 5.78. The van der Waals surface area contributed by atoms with E-state index in [1.807, 2.05) is 0 Å². The van der Waals surface area contributed by atoms with Gasteiger partial charge >= 0.3 is 0 Å². The van der Waals surface area contributed by atoms with E-state index in [-0.39, 0.29) is 0 Å². The zero-order chi connectivity index (χ0) is 5.78. The maximum Gasteiger partial charge on any atom is -0.0267 e. The minimum Gasteiger partial charge on any atom is -0.0622 e. The van der Waals surface area contributed by atoms with Crippen molar-refractivity contribution in [1.29, 1.82) is 0 Å². The molecular formula is C8H14. The van der Waals surface area contributed by atoms with E-state index >= 15 is 0 Å². The van der Waals surface area contributed by atoms with Crippen LogP contribution in [0.2, 0.25) is 0 Å². The Balaban J connectivity index is 2.04. The van der Waals surface area contributed by atoms with E-state index in [9.17, 15) is 0 Å². The monoisotopic (exact) mass is 110 g/mol. The van der Waals surface area contributed by atoms with Gasteiger partial charge in [0.05, 0.1) is 0 Å². The first-order chi connectivity index (χ1) is 3.73. The third-order valence-corrected chi connectivity index (χ3v) is 3.31. The average molecular weight is 110 g/mol. The van der Waals surface area contributed by atoms with Crippen LogP contribution in [0, 0.1) is 17.3 Å². The van der Waals surface area contributed by atoms with Crippen LogP contribution in [0.3, 0.4) is 0 Å². The van der Waals surface area contributed by atoms with Crippen molar-refractivity contribution in [2.24, 2.45) is 17.3 Å². The fourth-order valence-electron chi connectivity index (χ4n) is 2.25. The van der Waals surface area contributed by atoms with Gasteiger partial charge in [-0.2, -0.15) is 0 Å². The first-order valence-electron chi connectivity index (χ1n) is 3.73. The maximum atomic E-state index is 2.37. The fraction of sp³-hybridized carbons (Fsp3) is 1.00. The van der Waals surface area contributed by atoms with Crippen molar-refractivity contribution in [2.75, 3.05) is 0 Å². The predicted octanol–water partition coefficient (Wildman–Crippen LogP) is 2.44. The molecule has 0 atom stereocenters. The summed E-state index contributed by atoms with van der Waals surface area (Å²) in [6.45, 7) is 4.74. The van der Waals surface area contributed by atoms with Crippen LogP contribution in [-0.4, -0.2) is 0 Å². The normalized spacial score (nSPS) is 50.6. The molecule has 0 spiro atoms. The molecule has 0 nitrogen and oxygen atoms in total. The van der Waals surface area contributed by atoms with Crippen LogP contribution in [0.4, 0.5) is 0 Å². The second-order valence-electron chi connectivity index (χ2n) is 4.00. The molecule has 3 fully saturated rings. The van der Waals surface area contributed by atoms with Crippen LogP contribution in [0.15, 0.2) is 0 Å². The van der Waals surface area contributed by atoms with Crippen LogP contribution in [0.25, 0.3) is 0 Å². The maximum absolute atomic E-state index is 2.37. The lowest BCUT2D eigenvalue weighted by atomic mass is 9.41. The molecule has 0 unspecified atom stereocenters. The van der Waals surface area contributed by atoms with Crippen molar-refractivity contribution < 1.29 is 0 Å². The van der Waals surface area contributed by atoms with Crippen LogP contribution in [0.5, 0.6) is 0 Å². The molecule has 0 aromatic heterocycles.